The van der Waals surface area contributed by atoms with Crippen molar-refractivity contribution in [3.05, 3.63) is 72.9 Å². The fraction of sp³-hybridized carbons (Fsp3) is 0.674. The quantitative estimate of drug-likeness (QED) is 0.0198. The van der Waals surface area contributed by atoms with Gasteiger partial charge in [-0.25, -0.2) is 4.57 Å². The first-order valence-corrected chi connectivity index (χ1v) is 23.5. The van der Waals surface area contributed by atoms with Crippen LogP contribution in [0.3, 0.4) is 0 Å². The second kappa shape index (κ2) is 40.3. The first-order chi connectivity index (χ1) is 28.5. The number of phosphoric ester groups is 1. The van der Waals surface area contributed by atoms with E-state index in [9.17, 15) is 28.9 Å². The number of aliphatic hydroxyl groups is 1. The van der Waals surface area contributed by atoms with Crippen LogP contribution in [0.15, 0.2) is 72.9 Å². The lowest BCUT2D eigenvalue weighted by Crippen LogP contribution is -2.34. The van der Waals surface area contributed by atoms with Crippen LogP contribution < -0.4 is 5.73 Å². The van der Waals surface area contributed by atoms with Crippen LogP contribution in [0, 0.1) is 0 Å². The number of aliphatic carboxylic acids is 1. The largest absolute Gasteiger partial charge is 0.480 e. The molecule has 5 N–H and O–H groups in total. The van der Waals surface area contributed by atoms with Crippen molar-refractivity contribution in [3.8, 4) is 0 Å². The molecule has 0 aromatic heterocycles. The van der Waals surface area contributed by atoms with Crippen LogP contribution in [0.4, 0.5) is 0 Å². The Hall–Kier alpha value is -3.12. The lowest BCUT2D eigenvalue weighted by Gasteiger charge is -2.20. The summed E-state index contributed by atoms with van der Waals surface area (Å²) in [6.45, 7) is 2.54. The first-order valence-electron chi connectivity index (χ1n) is 22.1. The molecule has 0 heterocycles. The highest BCUT2D eigenvalue weighted by Crippen LogP contribution is 2.43. The van der Waals surface area contributed by atoms with Gasteiger partial charge in [0.2, 0.25) is 0 Å². The summed E-state index contributed by atoms with van der Waals surface area (Å²) in [5.74, 6) is -2.50. The van der Waals surface area contributed by atoms with Gasteiger partial charge in [-0.1, -0.05) is 145 Å². The molecule has 0 aromatic rings. The molecule has 0 aliphatic carbocycles. The summed E-state index contributed by atoms with van der Waals surface area (Å²) in [4.78, 5) is 46.0. The zero-order chi connectivity index (χ0) is 43.7. The van der Waals surface area contributed by atoms with Crippen LogP contribution in [-0.2, 0) is 37.5 Å². The minimum absolute atomic E-state index is 0.124. The normalized spacial score (nSPS) is 14.9. The molecule has 0 saturated carbocycles. The first kappa shape index (κ1) is 55.9. The summed E-state index contributed by atoms with van der Waals surface area (Å²) in [7, 11) is -4.74. The number of carbonyl (C=O) groups is 3. The molecule has 0 aliphatic rings. The minimum atomic E-state index is -4.74. The number of aliphatic hydroxyl groups excluding tert-OH is 1. The van der Waals surface area contributed by atoms with Crippen molar-refractivity contribution in [1.29, 1.82) is 0 Å². The zero-order valence-corrected chi connectivity index (χ0v) is 37.1. The van der Waals surface area contributed by atoms with E-state index in [1.165, 1.54) is 32.1 Å². The molecule has 12 nitrogen and oxygen atoms in total. The summed E-state index contributed by atoms with van der Waals surface area (Å²) in [6.07, 6.45) is 44.4. The number of phosphoric acid groups is 1. The van der Waals surface area contributed by atoms with Gasteiger partial charge in [0.1, 0.15) is 12.6 Å². The van der Waals surface area contributed by atoms with Gasteiger partial charge < -0.3 is 30.3 Å². The Morgan fingerprint density at radius 1 is 0.593 bits per heavy atom. The third kappa shape index (κ3) is 40.1. The highest BCUT2D eigenvalue weighted by molar-refractivity contribution is 7.47. The van der Waals surface area contributed by atoms with Gasteiger partial charge >= 0.3 is 25.7 Å². The Morgan fingerprint density at radius 3 is 1.64 bits per heavy atom. The molecule has 4 atom stereocenters. The molecule has 1 unspecified atom stereocenters. The Morgan fingerprint density at radius 2 is 1.07 bits per heavy atom. The predicted molar refractivity (Wildman–Crippen MR) is 237 cm³/mol. The number of carboxylic acid groups (broad SMARTS) is 1. The topological polar surface area (TPSA) is 192 Å². The van der Waals surface area contributed by atoms with Crippen LogP contribution in [0.5, 0.6) is 0 Å². The van der Waals surface area contributed by atoms with E-state index in [2.05, 4.69) is 67.0 Å². The molecular weight excluding hydrogens is 773 g/mol. The number of esters is 2. The Kier molecular flexibility index (Phi) is 38.2. The molecule has 0 spiro atoms. The molecule has 0 amide bonds. The van der Waals surface area contributed by atoms with Gasteiger partial charge in [-0.3, -0.25) is 23.4 Å². The Bertz CT molecular complexity index is 1290. The maximum absolute atomic E-state index is 12.6. The molecule has 0 bridgehead atoms. The zero-order valence-electron chi connectivity index (χ0n) is 36.2. The lowest BCUT2D eigenvalue weighted by molar-refractivity contribution is -0.161. The van der Waals surface area contributed by atoms with E-state index in [4.69, 9.17) is 24.8 Å². The molecule has 0 saturated heterocycles. The monoisotopic (exact) mass is 852 g/mol. The number of hydrogen-bond acceptors (Lipinski definition) is 10. The maximum Gasteiger partial charge on any atom is 0.472 e. The second-order valence-electron chi connectivity index (χ2n) is 14.6. The van der Waals surface area contributed by atoms with Crippen molar-refractivity contribution >= 4 is 25.7 Å². The van der Waals surface area contributed by atoms with Gasteiger partial charge in [-0.2, -0.15) is 0 Å². The fourth-order valence-electron chi connectivity index (χ4n) is 5.46. The number of hydrogen-bond donors (Lipinski definition) is 4. The van der Waals surface area contributed by atoms with Gasteiger partial charge in [0.25, 0.3) is 0 Å². The molecular formula is C46H78NO11P. The number of carboxylic acids is 1. The molecule has 13 heteroatoms. The smallest absolute Gasteiger partial charge is 0.472 e. The van der Waals surface area contributed by atoms with Gasteiger partial charge in [0.15, 0.2) is 6.10 Å². The summed E-state index contributed by atoms with van der Waals surface area (Å²) < 4.78 is 32.6. The van der Waals surface area contributed by atoms with E-state index in [0.717, 1.165) is 83.5 Å². The van der Waals surface area contributed by atoms with Crippen LogP contribution in [0.2, 0.25) is 0 Å². The molecule has 59 heavy (non-hydrogen) atoms. The Labute approximate surface area is 355 Å². The highest BCUT2D eigenvalue weighted by atomic mass is 31.2. The average molecular weight is 852 g/mol. The lowest BCUT2D eigenvalue weighted by atomic mass is 10.1. The summed E-state index contributed by atoms with van der Waals surface area (Å²) in [5, 5.41) is 18.7. The fourth-order valence-corrected chi connectivity index (χ4v) is 6.24. The van der Waals surface area contributed by atoms with Crippen LogP contribution in [0.1, 0.15) is 162 Å². The van der Waals surface area contributed by atoms with E-state index in [-0.39, 0.29) is 18.9 Å². The van der Waals surface area contributed by atoms with Gasteiger partial charge in [-0.05, 0) is 77.0 Å². The molecule has 338 valence electrons. The van der Waals surface area contributed by atoms with Crippen molar-refractivity contribution in [3.63, 3.8) is 0 Å². The van der Waals surface area contributed by atoms with Crippen molar-refractivity contribution in [1.82, 2.24) is 0 Å². The molecule has 0 fully saturated rings. The van der Waals surface area contributed by atoms with Crippen molar-refractivity contribution in [2.75, 3.05) is 19.8 Å². The molecule has 0 aromatic carbocycles. The third-order valence-electron chi connectivity index (χ3n) is 9.00. The highest BCUT2D eigenvalue weighted by Gasteiger charge is 2.28. The van der Waals surface area contributed by atoms with Crippen molar-refractivity contribution in [2.24, 2.45) is 5.73 Å². The van der Waals surface area contributed by atoms with E-state index in [0.29, 0.717) is 19.3 Å². The van der Waals surface area contributed by atoms with E-state index >= 15 is 0 Å². The summed E-state index contributed by atoms with van der Waals surface area (Å²) in [5.41, 5.74) is 5.33. The molecule has 0 aliphatic heterocycles. The summed E-state index contributed by atoms with van der Waals surface area (Å²) in [6, 6.07) is -1.54. The number of allylic oxidation sites excluding steroid dienone is 11. The van der Waals surface area contributed by atoms with E-state index in [1.54, 1.807) is 0 Å². The Balaban J connectivity index is 4.50. The third-order valence-corrected chi connectivity index (χ3v) is 9.95. The van der Waals surface area contributed by atoms with Gasteiger partial charge in [0, 0.05) is 12.8 Å². The number of unbranched alkanes of at least 4 members (excludes halogenated alkanes) is 12. The second-order valence-corrected chi connectivity index (χ2v) is 16.1. The predicted octanol–water partition coefficient (Wildman–Crippen LogP) is 10.7. The number of nitrogens with two attached hydrogens (primary N) is 1. The van der Waals surface area contributed by atoms with Crippen molar-refractivity contribution < 1.29 is 52.6 Å². The molecule has 0 radical (unpaired) electrons. The number of carbonyl (C=O) groups excluding carboxylic acids is 2. The minimum Gasteiger partial charge on any atom is -0.480 e. The SMILES string of the molecule is CCCCC/C=C\C/C=C\CCCCCCCCCC(=O)O[C@H](COC(=O)CCC/C=C\C/C=C\C/C=C\C/C=C\[C@@H](O)CCCC)COP(=O)(O)OC[C@H](N)C(=O)O. The van der Waals surface area contributed by atoms with Crippen LogP contribution in [-0.4, -0.2) is 71.1 Å². The van der Waals surface area contributed by atoms with Gasteiger partial charge in [0.05, 0.1) is 19.3 Å². The number of ether oxygens (including phenoxy) is 2. The standard InChI is InChI=1S/C46H78NO11P/c1-3-5-7-8-9-10-11-12-13-14-15-16-21-24-27-30-33-37-45(50)58-42(39-56-59(53,54)57-40-43(47)46(51)52)38-55-44(49)36-32-29-26-23-20-18-17-19-22-25-28-31-35-41(48)34-6-4-2/h9-10,12-13,17-18,22-23,25-26,31,35,41-43,48H,3-8,11,14-16,19-21,24,27-30,32-34,36-40,47H2,1-2H3,(H,51,52)(H,53,54)/b10-9-,13-12-,18-17-,25-22-,26-23-,35-31-/t41-,42+,43-/m0/s1. The summed E-state index contributed by atoms with van der Waals surface area (Å²) >= 11 is 0. The van der Waals surface area contributed by atoms with E-state index < -0.39 is 57.7 Å². The van der Waals surface area contributed by atoms with Crippen molar-refractivity contribution in [2.45, 2.75) is 180 Å². The van der Waals surface area contributed by atoms with Crippen LogP contribution >= 0.6 is 7.82 Å². The maximum atomic E-state index is 12.6. The van der Waals surface area contributed by atoms with Gasteiger partial charge in [-0.15, -0.1) is 0 Å². The van der Waals surface area contributed by atoms with E-state index in [1.807, 2.05) is 24.3 Å². The van der Waals surface area contributed by atoms with Crippen LogP contribution in [0.25, 0.3) is 0 Å². The number of rotatable bonds is 40. The molecule has 0 rings (SSSR count). The average Bonchev–Trinajstić information content (AvgIpc) is 3.21.